The van der Waals surface area contributed by atoms with Crippen molar-refractivity contribution >= 4 is 12.2 Å². The van der Waals surface area contributed by atoms with Gasteiger partial charge in [0.1, 0.15) is 0 Å². The molecule has 1 aliphatic rings. The second kappa shape index (κ2) is 6.68. The van der Waals surface area contributed by atoms with Crippen molar-refractivity contribution in [1.82, 2.24) is 9.80 Å². The summed E-state index contributed by atoms with van der Waals surface area (Å²) in [5.41, 5.74) is 0.562. The van der Waals surface area contributed by atoms with Crippen LogP contribution < -0.4 is 0 Å². The first-order chi connectivity index (χ1) is 10.5. The Bertz CT molecular complexity index is 534. The zero-order valence-corrected chi connectivity index (χ0v) is 13.2. The summed E-state index contributed by atoms with van der Waals surface area (Å²) in [5.74, 6) is 0. The average Bonchev–Trinajstić information content (AvgIpc) is 2.53. The molecule has 1 heterocycles. The van der Waals surface area contributed by atoms with Crippen molar-refractivity contribution in [2.24, 2.45) is 0 Å². The van der Waals surface area contributed by atoms with Crippen molar-refractivity contribution < 1.29 is 19.1 Å². The molecule has 0 saturated carbocycles. The minimum atomic E-state index is -0.541. The quantitative estimate of drug-likeness (QED) is 0.840. The lowest BCUT2D eigenvalue weighted by atomic mass is 9.88. The minimum Gasteiger partial charge on any atom is -0.453 e. The van der Waals surface area contributed by atoms with Gasteiger partial charge in [-0.25, -0.2) is 9.59 Å². The molecule has 2 amide bonds. The number of carbonyl (C=O) groups is 2. The van der Waals surface area contributed by atoms with Crippen LogP contribution in [0.3, 0.4) is 0 Å². The molecule has 22 heavy (non-hydrogen) atoms. The molecule has 6 nitrogen and oxygen atoms in total. The Morgan fingerprint density at radius 2 is 1.73 bits per heavy atom. The van der Waals surface area contributed by atoms with Gasteiger partial charge in [0, 0.05) is 19.6 Å². The number of amides is 2. The van der Waals surface area contributed by atoms with Gasteiger partial charge in [-0.1, -0.05) is 30.3 Å². The van der Waals surface area contributed by atoms with Gasteiger partial charge in [-0.3, -0.25) is 4.90 Å². The van der Waals surface area contributed by atoms with E-state index in [1.165, 1.54) is 14.2 Å². The van der Waals surface area contributed by atoms with E-state index in [9.17, 15) is 9.59 Å². The van der Waals surface area contributed by atoms with E-state index in [1.54, 1.807) is 9.80 Å². The Balaban J connectivity index is 2.25. The van der Waals surface area contributed by atoms with E-state index in [0.717, 1.165) is 5.56 Å². The highest BCUT2D eigenvalue weighted by molar-refractivity contribution is 5.71. The summed E-state index contributed by atoms with van der Waals surface area (Å²) >= 11 is 0. The van der Waals surface area contributed by atoms with Crippen LogP contribution >= 0.6 is 0 Å². The zero-order valence-electron chi connectivity index (χ0n) is 13.2. The number of ether oxygens (including phenoxy) is 2. The number of methoxy groups -OCH3 is 2. The smallest absolute Gasteiger partial charge is 0.410 e. The summed E-state index contributed by atoms with van der Waals surface area (Å²) in [6.07, 6.45) is -0.108. The topological polar surface area (TPSA) is 59.1 Å². The third kappa shape index (κ3) is 3.32. The molecule has 1 fully saturated rings. The van der Waals surface area contributed by atoms with Crippen molar-refractivity contribution in [3.05, 3.63) is 35.9 Å². The van der Waals surface area contributed by atoms with Gasteiger partial charge in [0.25, 0.3) is 0 Å². The van der Waals surface area contributed by atoms with Crippen molar-refractivity contribution in [1.29, 1.82) is 0 Å². The number of piperazine rings is 1. The Labute approximate surface area is 130 Å². The predicted octanol–water partition coefficient (Wildman–Crippen LogP) is 2.14. The number of hydrogen-bond acceptors (Lipinski definition) is 4. The molecular weight excluding hydrogens is 284 g/mol. The van der Waals surface area contributed by atoms with E-state index in [1.807, 2.05) is 37.3 Å². The van der Waals surface area contributed by atoms with Gasteiger partial charge in [-0.15, -0.1) is 0 Å². The molecule has 1 aromatic rings. The van der Waals surface area contributed by atoms with Crippen molar-refractivity contribution in [2.75, 3.05) is 33.9 Å². The van der Waals surface area contributed by atoms with Crippen LogP contribution in [0.25, 0.3) is 0 Å². The predicted molar refractivity (Wildman–Crippen MR) is 81.6 cm³/mol. The Kier molecular flexibility index (Phi) is 4.90. The lowest BCUT2D eigenvalue weighted by Gasteiger charge is -2.47. The van der Waals surface area contributed by atoms with Crippen LogP contribution in [0.4, 0.5) is 9.59 Å². The summed E-state index contributed by atoms with van der Waals surface area (Å²) < 4.78 is 9.70. The van der Waals surface area contributed by atoms with E-state index in [0.29, 0.717) is 26.1 Å². The van der Waals surface area contributed by atoms with Crippen LogP contribution in [0, 0.1) is 0 Å². The van der Waals surface area contributed by atoms with Gasteiger partial charge in [0.15, 0.2) is 0 Å². The number of nitrogens with zero attached hydrogens (tertiary/aromatic N) is 2. The van der Waals surface area contributed by atoms with Crippen LogP contribution in [0.1, 0.15) is 12.5 Å². The molecule has 0 radical (unpaired) electrons. The van der Waals surface area contributed by atoms with Gasteiger partial charge in [-0.05, 0) is 18.9 Å². The summed E-state index contributed by atoms with van der Waals surface area (Å²) in [7, 11) is 2.74. The van der Waals surface area contributed by atoms with Gasteiger partial charge in [-0.2, -0.15) is 0 Å². The van der Waals surface area contributed by atoms with Gasteiger partial charge < -0.3 is 14.4 Å². The van der Waals surface area contributed by atoms with Crippen LogP contribution in [0.2, 0.25) is 0 Å². The maximum atomic E-state index is 12.1. The molecule has 1 atom stereocenters. The molecule has 1 aromatic carbocycles. The van der Waals surface area contributed by atoms with Gasteiger partial charge >= 0.3 is 12.2 Å². The average molecular weight is 306 g/mol. The van der Waals surface area contributed by atoms with E-state index in [-0.39, 0.29) is 12.2 Å². The highest BCUT2D eigenvalue weighted by atomic mass is 16.5. The number of hydrogen-bond donors (Lipinski definition) is 0. The number of rotatable bonds is 2. The molecular formula is C16H22N2O4. The third-order valence-electron chi connectivity index (χ3n) is 4.03. The molecule has 0 spiro atoms. The van der Waals surface area contributed by atoms with Crippen LogP contribution in [-0.2, 0) is 15.9 Å². The number of carbonyl (C=O) groups excluding carboxylic acids is 2. The first-order valence-corrected chi connectivity index (χ1v) is 7.22. The second-order valence-electron chi connectivity index (χ2n) is 5.67. The van der Waals surface area contributed by atoms with Crippen molar-refractivity contribution in [3.8, 4) is 0 Å². The Morgan fingerprint density at radius 3 is 2.32 bits per heavy atom. The van der Waals surface area contributed by atoms with Gasteiger partial charge in [0.05, 0.1) is 19.8 Å². The maximum absolute atomic E-state index is 12.1. The maximum Gasteiger partial charge on any atom is 0.410 e. The normalized spacial score (nSPS) is 21.4. The van der Waals surface area contributed by atoms with Crippen LogP contribution in [-0.4, -0.2) is 61.4 Å². The summed E-state index contributed by atoms with van der Waals surface area (Å²) in [6, 6.07) is 9.89. The van der Waals surface area contributed by atoms with Crippen molar-refractivity contribution in [3.63, 3.8) is 0 Å². The molecule has 1 saturated heterocycles. The lowest BCUT2D eigenvalue weighted by Crippen LogP contribution is -2.64. The Hall–Kier alpha value is -2.24. The first kappa shape index (κ1) is 16.1. The first-order valence-electron chi connectivity index (χ1n) is 7.22. The van der Waals surface area contributed by atoms with Crippen LogP contribution in [0.15, 0.2) is 30.3 Å². The van der Waals surface area contributed by atoms with E-state index >= 15 is 0 Å². The van der Waals surface area contributed by atoms with Crippen molar-refractivity contribution in [2.45, 2.75) is 18.9 Å². The molecule has 0 bridgehead atoms. The minimum absolute atomic E-state index is 0.371. The largest absolute Gasteiger partial charge is 0.453 e. The highest BCUT2D eigenvalue weighted by Crippen LogP contribution is 2.27. The third-order valence-corrected chi connectivity index (χ3v) is 4.03. The summed E-state index contributed by atoms with van der Waals surface area (Å²) in [5, 5.41) is 0. The molecule has 0 aliphatic carbocycles. The second-order valence-corrected chi connectivity index (χ2v) is 5.67. The van der Waals surface area contributed by atoms with Crippen LogP contribution in [0.5, 0.6) is 0 Å². The molecule has 0 unspecified atom stereocenters. The van der Waals surface area contributed by atoms with Gasteiger partial charge in [0.2, 0.25) is 0 Å². The summed E-state index contributed by atoms with van der Waals surface area (Å²) in [4.78, 5) is 27.2. The standard InChI is InChI=1S/C16H22N2O4/c1-16(11-13-7-5-4-6-8-13)12-17(14(19)21-2)9-10-18(16)15(20)22-3/h4-8H,9-12H2,1-3H3/t16-/m1/s1. The lowest BCUT2D eigenvalue weighted by molar-refractivity contribution is 0.00923. The molecule has 2 rings (SSSR count). The highest BCUT2D eigenvalue weighted by Gasteiger charge is 2.42. The van der Waals surface area contributed by atoms with E-state index < -0.39 is 5.54 Å². The van der Waals surface area contributed by atoms with E-state index in [4.69, 9.17) is 9.47 Å². The zero-order chi connectivity index (χ0) is 16.2. The van der Waals surface area contributed by atoms with E-state index in [2.05, 4.69) is 0 Å². The Morgan fingerprint density at radius 1 is 1.09 bits per heavy atom. The fourth-order valence-corrected chi connectivity index (χ4v) is 2.96. The molecule has 1 aliphatic heterocycles. The number of benzene rings is 1. The molecule has 6 heteroatoms. The summed E-state index contributed by atoms with van der Waals surface area (Å²) in [6.45, 7) is 3.23. The molecule has 0 aromatic heterocycles. The molecule has 0 N–H and O–H groups in total. The SMILES string of the molecule is COC(=O)N1CCN(C(=O)OC)[C@](C)(Cc2ccccc2)C1. The fraction of sp³-hybridized carbons (Fsp3) is 0.500. The molecule has 120 valence electrons. The fourth-order valence-electron chi connectivity index (χ4n) is 2.96. The monoisotopic (exact) mass is 306 g/mol.